The number of anilines is 2. The van der Waals surface area contributed by atoms with Gasteiger partial charge < -0.3 is 15.4 Å². The third-order valence-corrected chi connectivity index (χ3v) is 3.43. The Morgan fingerprint density at radius 2 is 2.10 bits per heavy atom. The second kappa shape index (κ2) is 6.05. The van der Waals surface area contributed by atoms with E-state index in [0.29, 0.717) is 17.4 Å². The van der Waals surface area contributed by atoms with Crippen LogP contribution in [0, 0.1) is 0 Å². The summed E-state index contributed by atoms with van der Waals surface area (Å²) in [4.78, 5) is 13.6. The molecule has 0 saturated heterocycles. The molecule has 2 aromatic rings. The maximum Gasteiger partial charge on any atom is 0.345 e. The molecule has 1 aromatic heterocycles. The molecule has 0 aliphatic heterocycles. The molecule has 0 saturated carbocycles. The third-order valence-electron chi connectivity index (χ3n) is 3.06. The first-order chi connectivity index (χ1) is 9.95. The number of ether oxygens (including phenoxy) is 1. The molecule has 0 atom stereocenters. The van der Waals surface area contributed by atoms with Gasteiger partial charge in [-0.15, -0.1) is 0 Å². The van der Waals surface area contributed by atoms with Crippen molar-refractivity contribution in [3.05, 3.63) is 40.4 Å². The highest BCUT2D eigenvalue weighted by Crippen LogP contribution is 2.26. The van der Waals surface area contributed by atoms with Gasteiger partial charge >= 0.3 is 5.97 Å². The van der Waals surface area contributed by atoms with Crippen molar-refractivity contribution in [2.45, 2.75) is 6.54 Å². The SMILES string of the molecule is COC(=O)c1c(N(C)C)nn(Cc2ccccc2Cl)c1N. The van der Waals surface area contributed by atoms with Gasteiger partial charge in [0.15, 0.2) is 5.82 Å². The van der Waals surface area contributed by atoms with Crippen molar-refractivity contribution in [1.82, 2.24) is 9.78 Å². The summed E-state index contributed by atoms with van der Waals surface area (Å²) < 4.78 is 6.31. The van der Waals surface area contributed by atoms with Crippen LogP contribution in [0.1, 0.15) is 15.9 Å². The minimum absolute atomic E-state index is 0.255. The number of hydrogen-bond acceptors (Lipinski definition) is 5. The van der Waals surface area contributed by atoms with Gasteiger partial charge in [-0.2, -0.15) is 5.10 Å². The lowest BCUT2D eigenvalue weighted by Gasteiger charge is -2.09. The Bertz CT molecular complexity index is 667. The number of nitrogens with zero attached hydrogens (tertiary/aromatic N) is 3. The monoisotopic (exact) mass is 308 g/mol. The van der Waals surface area contributed by atoms with E-state index in [1.165, 1.54) is 7.11 Å². The van der Waals surface area contributed by atoms with Crippen LogP contribution in [0.4, 0.5) is 11.6 Å². The second-order valence-electron chi connectivity index (χ2n) is 4.72. The zero-order chi connectivity index (χ0) is 15.6. The summed E-state index contributed by atoms with van der Waals surface area (Å²) in [6.07, 6.45) is 0. The lowest BCUT2D eigenvalue weighted by molar-refractivity contribution is 0.0602. The van der Waals surface area contributed by atoms with Crippen LogP contribution < -0.4 is 10.6 Å². The molecule has 1 aromatic carbocycles. The van der Waals surface area contributed by atoms with Crippen LogP contribution in [0.25, 0.3) is 0 Å². The zero-order valence-electron chi connectivity index (χ0n) is 12.1. The Balaban J connectivity index is 2.46. The van der Waals surface area contributed by atoms with E-state index in [9.17, 15) is 4.79 Å². The molecule has 21 heavy (non-hydrogen) atoms. The van der Waals surface area contributed by atoms with Gasteiger partial charge in [0.25, 0.3) is 0 Å². The number of carbonyl (C=O) groups is 1. The van der Waals surface area contributed by atoms with Crippen LogP contribution in [0.2, 0.25) is 5.02 Å². The molecule has 0 aliphatic carbocycles. The average molecular weight is 309 g/mol. The summed E-state index contributed by atoms with van der Waals surface area (Å²) in [5.74, 6) is 0.207. The normalized spacial score (nSPS) is 10.5. The Kier molecular flexibility index (Phi) is 4.37. The molecule has 112 valence electrons. The topological polar surface area (TPSA) is 73.4 Å². The van der Waals surface area contributed by atoms with Crippen molar-refractivity contribution in [1.29, 1.82) is 0 Å². The van der Waals surface area contributed by atoms with Gasteiger partial charge in [-0.3, -0.25) is 0 Å². The van der Waals surface area contributed by atoms with E-state index >= 15 is 0 Å². The van der Waals surface area contributed by atoms with Crippen molar-refractivity contribution >= 4 is 29.2 Å². The first-order valence-electron chi connectivity index (χ1n) is 6.31. The Labute approximate surface area is 128 Å². The fraction of sp³-hybridized carbons (Fsp3) is 0.286. The summed E-state index contributed by atoms with van der Waals surface area (Å²) >= 11 is 6.14. The minimum Gasteiger partial charge on any atom is -0.465 e. The fourth-order valence-corrected chi connectivity index (χ4v) is 2.18. The van der Waals surface area contributed by atoms with Crippen molar-refractivity contribution in [3.8, 4) is 0 Å². The van der Waals surface area contributed by atoms with Gasteiger partial charge in [0.2, 0.25) is 0 Å². The van der Waals surface area contributed by atoms with Gasteiger partial charge in [-0.25, -0.2) is 9.48 Å². The van der Waals surface area contributed by atoms with Crippen LogP contribution >= 0.6 is 11.6 Å². The number of hydrogen-bond donors (Lipinski definition) is 1. The Morgan fingerprint density at radius 1 is 1.43 bits per heavy atom. The molecule has 1 heterocycles. The Hall–Kier alpha value is -2.21. The van der Waals surface area contributed by atoms with Crippen LogP contribution in [-0.4, -0.2) is 37.0 Å². The summed E-state index contributed by atoms with van der Waals surface area (Å²) in [5, 5.41) is 5.00. The molecule has 7 heteroatoms. The summed E-state index contributed by atoms with van der Waals surface area (Å²) in [7, 11) is 4.88. The molecule has 0 spiro atoms. The average Bonchev–Trinajstić information content (AvgIpc) is 2.78. The van der Waals surface area contributed by atoms with Crippen molar-refractivity contribution in [2.24, 2.45) is 0 Å². The van der Waals surface area contributed by atoms with E-state index in [1.54, 1.807) is 29.7 Å². The lowest BCUT2D eigenvalue weighted by atomic mass is 10.2. The van der Waals surface area contributed by atoms with E-state index in [1.807, 2.05) is 18.2 Å². The molecule has 0 aliphatic rings. The molecule has 0 fully saturated rings. The smallest absolute Gasteiger partial charge is 0.345 e. The Morgan fingerprint density at radius 3 is 2.67 bits per heavy atom. The highest BCUT2D eigenvalue weighted by Gasteiger charge is 2.24. The third kappa shape index (κ3) is 2.95. The van der Waals surface area contributed by atoms with Crippen LogP contribution in [0.3, 0.4) is 0 Å². The van der Waals surface area contributed by atoms with Gasteiger partial charge in [-0.05, 0) is 11.6 Å². The number of rotatable bonds is 4. The predicted octanol–water partition coefficient (Wildman–Crippen LogP) is 2.02. The highest BCUT2D eigenvalue weighted by atomic mass is 35.5. The number of nitrogen functional groups attached to an aromatic ring is 1. The maximum atomic E-state index is 11.9. The quantitative estimate of drug-likeness (QED) is 0.875. The molecule has 0 amide bonds. The summed E-state index contributed by atoms with van der Waals surface area (Å²) in [5.41, 5.74) is 7.18. The number of esters is 1. The van der Waals surface area contributed by atoms with Gasteiger partial charge in [0.1, 0.15) is 11.4 Å². The molecule has 0 unspecified atom stereocenters. The largest absolute Gasteiger partial charge is 0.465 e. The van der Waals surface area contributed by atoms with Gasteiger partial charge in [0.05, 0.1) is 13.7 Å². The first-order valence-corrected chi connectivity index (χ1v) is 6.68. The number of halogens is 1. The number of benzene rings is 1. The molecule has 2 rings (SSSR count). The summed E-state index contributed by atoms with van der Waals surface area (Å²) in [6, 6.07) is 7.42. The van der Waals surface area contributed by atoms with Crippen LogP contribution in [0.15, 0.2) is 24.3 Å². The molecule has 2 N–H and O–H groups in total. The molecule has 6 nitrogen and oxygen atoms in total. The van der Waals surface area contributed by atoms with Gasteiger partial charge in [0, 0.05) is 19.1 Å². The second-order valence-corrected chi connectivity index (χ2v) is 5.13. The van der Waals surface area contributed by atoms with E-state index in [-0.39, 0.29) is 11.4 Å². The van der Waals surface area contributed by atoms with Crippen LogP contribution in [0.5, 0.6) is 0 Å². The van der Waals surface area contributed by atoms with Crippen molar-refractivity contribution < 1.29 is 9.53 Å². The van der Waals surface area contributed by atoms with Crippen molar-refractivity contribution in [3.63, 3.8) is 0 Å². The summed E-state index contributed by atoms with van der Waals surface area (Å²) in [6.45, 7) is 0.378. The highest BCUT2D eigenvalue weighted by molar-refractivity contribution is 6.31. The van der Waals surface area contributed by atoms with E-state index < -0.39 is 5.97 Å². The number of carbonyl (C=O) groups excluding carboxylic acids is 1. The first kappa shape index (κ1) is 15.2. The fourth-order valence-electron chi connectivity index (χ4n) is 1.98. The molecule has 0 radical (unpaired) electrons. The van der Waals surface area contributed by atoms with Gasteiger partial charge in [-0.1, -0.05) is 29.8 Å². The molecule has 0 bridgehead atoms. The van der Waals surface area contributed by atoms with E-state index in [2.05, 4.69) is 5.10 Å². The zero-order valence-corrected chi connectivity index (χ0v) is 12.9. The lowest BCUT2D eigenvalue weighted by Crippen LogP contribution is -2.14. The number of nitrogens with two attached hydrogens (primary N) is 1. The van der Waals surface area contributed by atoms with Crippen molar-refractivity contribution in [2.75, 3.05) is 31.8 Å². The maximum absolute atomic E-state index is 11.9. The molecular formula is C14H17ClN4O2. The van der Waals surface area contributed by atoms with E-state index in [0.717, 1.165) is 5.56 Å². The number of methoxy groups -OCH3 is 1. The number of aromatic nitrogens is 2. The van der Waals surface area contributed by atoms with E-state index in [4.69, 9.17) is 22.1 Å². The minimum atomic E-state index is -0.512. The van der Waals surface area contributed by atoms with Crippen LogP contribution in [-0.2, 0) is 11.3 Å². The standard InChI is InChI=1S/C14H17ClN4O2/c1-18(2)13-11(14(20)21-3)12(16)19(17-13)8-9-6-4-5-7-10(9)15/h4-7H,8,16H2,1-3H3. The molecular weight excluding hydrogens is 292 g/mol. The predicted molar refractivity (Wildman–Crippen MR) is 82.9 cm³/mol.